The average molecular weight is 268 g/mol. The standard InChI is InChI=1S/C15H24O4/c1-6-12(4)19-13(5)10-18-15(17)8-7-14(16)9-11(2)3/h7-9,12-13H,6,10H2,1-5H3/b8-7+. The minimum Gasteiger partial charge on any atom is -0.460 e. The van der Waals surface area contributed by atoms with Crippen LogP contribution in [0.5, 0.6) is 0 Å². The van der Waals surface area contributed by atoms with Gasteiger partial charge in [-0.2, -0.15) is 0 Å². The quantitative estimate of drug-likeness (QED) is 0.502. The Labute approximate surface area is 115 Å². The third kappa shape index (κ3) is 10.2. The lowest BCUT2D eigenvalue weighted by Gasteiger charge is -2.17. The monoisotopic (exact) mass is 268 g/mol. The molecule has 0 aromatic carbocycles. The zero-order valence-electron chi connectivity index (χ0n) is 12.4. The summed E-state index contributed by atoms with van der Waals surface area (Å²) < 4.78 is 10.5. The van der Waals surface area contributed by atoms with Gasteiger partial charge in [0, 0.05) is 6.08 Å². The maximum atomic E-state index is 11.4. The van der Waals surface area contributed by atoms with Gasteiger partial charge in [-0.15, -0.1) is 0 Å². The van der Waals surface area contributed by atoms with Crippen molar-refractivity contribution in [2.75, 3.05) is 6.61 Å². The molecule has 0 saturated heterocycles. The first-order valence-corrected chi connectivity index (χ1v) is 6.54. The molecule has 0 amide bonds. The van der Waals surface area contributed by atoms with E-state index < -0.39 is 5.97 Å². The van der Waals surface area contributed by atoms with Crippen LogP contribution in [0, 0.1) is 0 Å². The molecule has 2 atom stereocenters. The van der Waals surface area contributed by atoms with Gasteiger partial charge in [0.05, 0.1) is 12.2 Å². The summed E-state index contributed by atoms with van der Waals surface area (Å²) in [6.45, 7) is 9.66. The van der Waals surface area contributed by atoms with Gasteiger partial charge in [-0.3, -0.25) is 4.79 Å². The number of rotatable bonds is 8. The van der Waals surface area contributed by atoms with E-state index in [2.05, 4.69) is 0 Å². The van der Waals surface area contributed by atoms with Crippen LogP contribution in [-0.4, -0.2) is 30.6 Å². The van der Waals surface area contributed by atoms with Crippen molar-refractivity contribution in [1.82, 2.24) is 0 Å². The second-order valence-corrected chi connectivity index (χ2v) is 4.75. The molecular formula is C15H24O4. The molecule has 0 bridgehead atoms. The fraction of sp³-hybridized carbons (Fsp3) is 0.600. The maximum Gasteiger partial charge on any atom is 0.330 e. The fourth-order valence-electron chi connectivity index (χ4n) is 1.26. The molecule has 108 valence electrons. The number of ketones is 1. The van der Waals surface area contributed by atoms with Crippen molar-refractivity contribution in [1.29, 1.82) is 0 Å². The Morgan fingerprint density at radius 2 is 1.74 bits per heavy atom. The van der Waals surface area contributed by atoms with Gasteiger partial charge >= 0.3 is 5.97 Å². The van der Waals surface area contributed by atoms with E-state index in [1.54, 1.807) is 0 Å². The summed E-state index contributed by atoms with van der Waals surface area (Å²) in [6.07, 6.45) is 4.70. The summed E-state index contributed by atoms with van der Waals surface area (Å²) in [5.41, 5.74) is 0.888. The van der Waals surface area contributed by atoms with Gasteiger partial charge in [0.15, 0.2) is 5.78 Å². The molecule has 0 radical (unpaired) electrons. The zero-order valence-corrected chi connectivity index (χ0v) is 12.4. The first-order valence-electron chi connectivity index (χ1n) is 6.54. The SMILES string of the molecule is CCC(C)OC(C)COC(=O)/C=C/C(=O)C=C(C)C. The Balaban J connectivity index is 4.02. The summed E-state index contributed by atoms with van der Waals surface area (Å²) in [7, 11) is 0. The number of carbonyl (C=O) groups is 2. The van der Waals surface area contributed by atoms with E-state index in [1.807, 2.05) is 34.6 Å². The van der Waals surface area contributed by atoms with Gasteiger partial charge in [0.2, 0.25) is 0 Å². The van der Waals surface area contributed by atoms with Crippen LogP contribution in [0.4, 0.5) is 0 Å². The molecule has 0 aliphatic carbocycles. The van der Waals surface area contributed by atoms with Crippen molar-refractivity contribution < 1.29 is 19.1 Å². The van der Waals surface area contributed by atoms with E-state index in [9.17, 15) is 9.59 Å². The van der Waals surface area contributed by atoms with Crippen molar-refractivity contribution in [2.24, 2.45) is 0 Å². The van der Waals surface area contributed by atoms with Gasteiger partial charge in [-0.05, 0) is 46.3 Å². The third-order valence-electron chi connectivity index (χ3n) is 2.31. The number of hydrogen-bond donors (Lipinski definition) is 0. The van der Waals surface area contributed by atoms with E-state index in [0.29, 0.717) is 0 Å². The van der Waals surface area contributed by atoms with Gasteiger partial charge in [0.1, 0.15) is 6.61 Å². The number of hydrogen-bond acceptors (Lipinski definition) is 4. The Morgan fingerprint density at radius 1 is 1.11 bits per heavy atom. The Kier molecular flexibility index (Phi) is 8.79. The van der Waals surface area contributed by atoms with Gasteiger partial charge in [0.25, 0.3) is 0 Å². The van der Waals surface area contributed by atoms with Crippen LogP contribution in [0.3, 0.4) is 0 Å². The topological polar surface area (TPSA) is 52.6 Å². The molecule has 0 fully saturated rings. The van der Waals surface area contributed by atoms with E-state index in [0.717, 1.165) is 18.1 Å². The molecule has 0 rings (SSSR count). The Morgan fingerprint density at radius 3 is 2.26 bits per heavy atom. The first kappa shape index (κ1) is 17.6. The van der Waals surface area contributed by atoms with E-state index in [1.165, 1.54) is 12.2 Å². The van der Waals surface area contributed by atoms with Crippen LogP contribution in [-0.2, 0) is 19.1 Å². The highest BCUT2D eigenvalue weighted by Gasteiger charge is 2.09. The van der Waals surface area contributed by atoms with Crippen LogP contribution >= 0.6 is 0 Å². The minimum absolute atomic E-state index is 0.142. The molecule has 4 heteroatoms. The smallest absolute Gasteiger partial charge is 0.330 e. The molecule has 0 aliphatic rings. The summed E-state index contributed by atoms with van der Waals surface area (Å²) >= 11 is 0. The van der Waals surface area contributed by atoms with Crippen LogP contribution in [0.25, 0.3) is 0 Å². The van der Waals surface area contributed by atoms with E-state index in [-0.39, 0.29) is 24.6 Å². The summed E-state index contributed by atoms with van der Waals surface area (Å²) in [4.78, 5) is 22.6. The van der Waals surface area contributed by atoms with Crippen LogP contribution < -0.4 is 0 Å². The molecule has 0 N–H and O–H groups in total. The summed E-state index contributed by atoms with van der Waals surface area (Å²) in [5, 5.41) is 0. The lowest BCUT2D eigenvalue weighted by Crippen LogP contribution is -2.22. The minimum atomic E-state index is -0.532. The Hall–Kier alpha value is -1.42. The van der Waals surface area contributed by atoms with Crippen molar-refractivity contribution in [3.63, 3.8) is 0 Å². The Bertz CT molecular complexity index is 351. The predicted molar refractivity (Wildman–Crippen MR) is 74.8 cm³/mol. The predicted octanol–water partition coefficient (Wildman–Crippen LogP) is 2.82. The van der Waals surface area contributed by atoms with Crippen molar-refractivity contribution in [3.8, 4) is 0 Å². The number of ether oxygens (including phenoxy) is 2. The lowest BCUT2D eigenvalue weighted by molar-refractivity contribution is -0.143. The van der Waals surface area contributed by atoms with Gasteiger partial charge in [-0.25, -0.2) is 4.79 Å². The van der Waals surface area contributed by atoms with Crippen molar-refractivity contribution in [2.45, 2.75) is 53.2 Å². The van der Waals surface area contributed by atoms with Crippen molar-refractivity contribution in [3.05, 3.63) is 23.8 Å². The second kappa shape index (κ2) is 9.50. The largest absolute Gasteiger partial charge is 0.460 e. The van der Waals surface area contributed by atoms with E-state index in [4.69, 9.17) is 9.47 Å². The van der Waals surface area contributed by atoms with E-state index >= 15 is 0 Å². The number of esters is 1. The van der Waals surface area contributed by atoms with Gasteiger partial charge < -0.3 is 9.47 Å². The lowest BCUT2D eigenvalue weighted by atomic mass is 10.2. The second-order valence-electron chi connectivity index (χ2n) is 4.75. The molecule has 4 nitrogen and oxygen atoms in total. The molecule has 0 heterocycles. The summed E-state index contributed by atoms with van der Waals surface area (Å²) in [5.74, 6) is -0.754. The molecule has 0 spiro atoms. The normalized spacial score (nSPS) is 13.9. The molecule has 0 aromatic rings. The molecule has 0 saturated carbocycles. The third-order valence-corrected chi connectivity index (χ3v) is 2.31. The molecule has 19 heavy (non-hydrogen) atoms. The maximum absolute atomic E-state index is 11.4. The molecular weight excluding hydrogens is 244 g/mol. The average Bonchev–Trinajstić information content (AvgIpc) is 2.32. The number of carbonyl (C=O) groups excluding carboxylic acids is 2. The van der Waals surface area contributed by atoms with Crippen LogP contribution in [0.2, 0.25) is 0 Å². The highest BCUT2D eigenvalue weighted by atomic mass is 16.6. The van der Waals surface area contributed by atoms with Crippen molar-refractivity contribution >= 4 is 11.8 Å². The summed E-state index contributed by atoms with van der Waals surface area (Å²) in [6, 6.07) is 0. The van der Waals surface area contributed by atoms with Gasteiger partial charge in [-0.1, -0.05) is 12.5 Å². The molecule has 0 aromatic heterocycles. The highest BCUT2D eigenvalue weighted by Crippen LogP contribution is 2.02. The van der Waals surface area contributed by atoms with Crippen LogP contribution in [0.1, 0.15) is 41.0 Å². The molecule has 0 aliphatic heterocycles. The first-order chi connectivity index (χ1) is 8.85. The van der Waals surface area contributed by atoms with Crippen LogP contribution in [0.15, 0.2) is 23.8 Å². The fourth-order valence-corrected chi connectivity index (χ4v) is 1.26. The number of allylic oxidation sites excluding steroid dienone is 3. The zero-order chi connectivity index (χ0) is 14.8. The highest BCUT2D eigenvalue weighted by molar-refractivity contribution is 6.02. The molecule has 2 unspecified atom stereocenters.